The van der Waals surface area contributed by atoms with Crippen LogP contribution in [0.4, 0.5) is 17.6 Å². The van der Waals surface area contributed by atoms with Gasteiger partial charge in [0, 0.05) is 28.5 Å². The zero-order valence-corrected chi connectivity index (χ0v) is 21.1. The van der Waals surface area contributed by atoms with Crippen LogP contribution in [-0.2, 0) is 27.6 Å². The number of amides is 2. The number of rotatable bonds is 7. The van der Waals surface area contributed by atoms with Crippen molar-refractivity contribution in [3.05, 3.63) is 69.4 Å². The fourth-order valence-corrected chi connectivity index (χ4v) is 5.01. The van der Waals surface area contributed by atoms with E-state index in [2.05, 4.69) is 26.6 Å². The van der Waals surface area contributed by atoms with Crippen molar-refractivity contribution < 1.29 is 27.2 Å². The van der Waals surface area contributed by atoms with Gasteiger partial charge in [-0.25, -0.2) is 4.39 Å². The van der Waals surface area contributed by atoms with E-state index in [0.717, 1.165) is 47.9 Å². The smallest absolute Gasteiger partial charge is 0.352 e. The van der Waals surface area contributed by atoms with E-state index in [1.165, 1.54) is 0 Å². The van der Waals surface area contributed by atoms with E-state index >= 15 is 0 Å². The lowest BCUT2D eigenvalue weighted by Gasteiger charge is -2.29. The first-order chi connectivity index (χ1) is 17.0. The lowest BCUT2D eigenvalue weighted by molar-refractivity contribution is -0.137. The molecule has 36 heavy (non-hydrogen) atoms. The van der Waals surface area contributed by atoms with Crippen molar-refractivity contribution >= 4 is 27.7 Å². The molecule has 2 aliphatic carbocycles. The highest BCUT2D eigenvalue weighted by molar-refractivity contribution is 9.10. The Morgan fingerprint density at radius 2 is 1.69 bits per heavy atom. The van der Waals surface area contributed by atoms with Crippen molar-refractivity contribution in [1.29, 1.82) is 0 Å². The first-order valence-corrected chi connectivity index (χ1v) is 12.8. The predicted molar refractivity (Wildman–Crippen MR) is 130 cm³/mol. The van der Waals surface area contributed by atoms with Crippen molar-refractivity contribution in [3.8, 4) is 0 Å². The highest BCUT2D eigenvalue weighted by Crippen LogP contribution is 2.50. The van der Waals surface area contributed by atoms with Gasteiger partial charge in [0.2, 0.25) is 11.8 Å². The molecule has 0 heterocycles. The first-order valence-electron chi connectivity index (χ1n) is 12.0. The van der Waals surface area contributed by atoms with E-state index in [0.29, 0.717) is 6.07 Å². The van der Waals surface area contributed by atoms with E-state index in [9.17, 15) is 27.2 Å². The van der Waals surface area contributed by atoms with Gasteiger partial charge in [-0.3, -0.25) is 9.59 Å². The number of alkyl halides is 3. The normalized spacial score (nSPS) is 21.9. The van der Waals surface area contributed by atoms with Gasteiger partial charge in [0.05, 0.1) is 11.0 Å². The molecular formula is C26H28BrF4N3O2. The summed E-state index contributed by atoms with van der Waals surface area (Å²) in [4.78, 5) is 26.6. The SMILES string of the molecule is NC1CCC(NC(=O)C(Cc2ccc(Br)cc2)NC(=O)C2(c3ccc(C(F)(F)F)cc3F)CC2)CC1. The fraction of sp³-hybridized carbons (Fsp3) is 0.462. The maximum Gasteiger partial charge on any atom is 0.416 e. The molecule has 0 bridgehead atoms. The van der Waals surface area contributed by atoms with Crippen LogP contribution >= 0.6 is 15.9 Å². The second-order valence-corrected chi connectivity index (χ2v) is 10.7. The zero-order valence-electron chi connectivity index (χ0n) is 19.5. The number of nitrogens with one attached hydrogen (secondary N) is 2. The van der Waals surface area contributed by atoms with E-state index in [4.69, 9.17) is 5.73 Å². The van der Waals surface area contributed by atoms with Gasteiger partial charge in [-0.1, -0.05) is 34.1 Å². The molecule has 10 heteroatoms. The largest absolute Gasteiger partial charge is 0.416 e. The molecule has 2 amide bonds. The highest BCUT2D eigenvalue weighted by atomic mass is 79.9. The Kier molecular flexibility index (Phi) is 7.75. The van der Waals surface area contributed by atoms with Crippen LogP contribution in [0.2, 0.25) is 0 Å². The molecule has 2 saturated carbocycles. The summed E-state index contributed by atoms with van der Waals surface area (Å²) in [6.45, 7) is 0. The third-order valence-corrected chi connectivity index (χ3v) is 7.62. The van der Waals surface area contributed by atoms with E-state index in [-0.39, 0.29) is 42.8 Å². The van der Waals surface area contributed by atoms with E-state index in [1.54, 1.807) is 0 Å². The molecule has 0 spiro atoms. The molecule has 2 aromatic rings. The van der Waals surface area contributed by atoms with Crippen LogP contribution in [0.25, 0.3) is 0 Å². The maximum atomic E-state index is 14.7. The lowest BCUT2D eigenvalue weighted by atomic mass is 9.91. The Labute approximate surface area is 215 Å². The monoisotopic (exact) mass is 569 g/mol. The first kappa shape index (κ1) is 26.6. The minimum Gasteiger partial charge on any atom is -0.352 e. The number of halogens is 5. The Morgan fingerprint density at radius 1 is 1.06 bits per heavy atom. The van der Waals surface area contributed by atoms with Crippen LogP contribution in [0.1, 0.15) is 55.2 Å². The number of nitrogens with two attached hydrogens (primary N) is 1. The summed E-state index contributed by atoms with van der Waals surface area (Å²) >= 11 is 3.37. The number of hydrogen-bond acceptors (Lipinski definition) is 3. The third-order valence-electron chi connectivity index (χ3n) is 7.09. The van der Waals surface area contributed by atoms with Gasteiger partial charge in [-0.15, -0.1) is 0 Å². The Bertz CT molecular complexity index is 1110. The molecule has 2 aromatic carbocycles. The summed E-state index contributed by atoms with van der Waals surface area (Å²) in [6, 6.07) is 8.69. The molecule has 4 N–H and O–H groups in total. The lowest BCUT2D eigenvalue weighted by Crippen LogP contribution is -2.53. The van der Waals surface area contributed by atoms with Crippen LogP contribution < -0.4 is 16.4 Å². The molecule has 2 fully saturated rings. The Hall–Kier alpha value is -2.46. The molecule has 4 rings (SSSR count). The quantitative estimate of drug-likeness (QED) is 0.421. The molecule has 1 unspecified atom stereocenters. The summed E-state index contributed by atoms with van der Waals surface area (Å²) in [5, 5.41) is 5.78. The zero-order chi connectivity index (χ0) is 26.1. The summed E-state index contributed by atoms with van der Waals surface area (Å²) in [6.07, 6.45) is -0.824. The minimum atomic E-state index is -4.69. The van der Waals surface area contributed by atoms with Gasteiger partial charge in [-0.05, 0) is 68.4 Å². The molecule has 2 aliphatic rings. The van der Waals surface area contributed by atoms with Gasteiger partial charge in [0.15, 0.2) is 0 Å². The fourth-order valence-electron chi connectivity index (χ4n) is 4.75. The van der Waals surface area contributed by atoms with Crippen molar-refractivity contribution in [1.82, 2.24) is 10.6 Å². The molecule has 1 atom stereocenters. The number of hydrogen-bond donors (Lipinski definition) is 3. The predicted octanol–water partition coefficient (Wildman–Crippen LogP) is 4.75. The van der Waals surface area contributed by atoms with E-state index < -0.39 is 34.9 Å². The molecule has 0 aliphatic heterocycles. The van der Waals surface area contributed by atoms with Crippen LogP contribution in [-0.4, -0.2) is 29.9 Å². The van der Waals surface area contributed by atoms with Gasteiger partial charge in [0.25, 0.3) is 0 Å². The third kappa shape index (κ3) is 6.08. The number of carbonyl (C=O) groups is 2. The number of benzene rings is 2. The second kappa shape index (κ2) is 10.5. The Balaban J connectivity index is 1.53. The average molecular weight is 570 g/mol. The Morgan fingerprint density at radius 3 is 2.25 bits per heavy atom. The molecule has 0 radical (unpaired) electrons. The maximum absolute atomic E-state index is 14.7. The van der Waals surface area contributed by atoms with Crippen molar-refractivity contribution in [2.24, 2.45) is 5.73 Å². The van der Waals surface area contributed by atoms with Gasteiger partial charge in [-0.2, -0.15) is 13.2 Å². The highest BCUT2D eigenvalue weighted by Gasteiger charge is 2.53. The molecule has 0 aromatic heterocycles. The van der Waals surface area contributed by atoms with Crippen LogP contribution in [0.5, 0.6) is 0 Å². The molecule has 194 valence electrons. The molecule has 0 saturated heterocycles. The van der Waals surface area contributed by atoms with Crippen molar-refractivity contribution in [2.75, 3.05) is 0 Å². The average Bonchev–Trinajstić information content (AvgIpc) is 3.63. The number of carbonyl (C=O) groups excluding carboxylic acids is 2. The summed E-state index contributed by atoms with van der Waals surface area (Å²) < 4.78 is 54.5. The summed E-state index contributed by atoms with van der Waals surface area (Å²) in [5.74, 6) is -2.00. The minimum absolute atomic E-state index is 0.0520. The standard InChI is InChI=1S/C26H28BrF4N3O2/c27-17-4-1-15(2-5-17)13-22(23(35)33-19-8-6-18(32)7-9-19)34-24(36)25(11-12-25)20-10-3-16(14-21(20)28)26(29,30)31/h1-5,10,14,18-19,22H,6-9,11-13,32H2,(H,33,35)(H,34,36). The van der Waals surface area contributed by atoms with Gasteiger partial charge < -0.3 is 16.4 Å². The molecule has 5 nitrogen and oxygen atoms in total. The topological polar surface area (TPSA) is 84.2 Å². The molecular weight excluding hydrogens is 542 g/mol. The van der Waals surface area contributed by atoms with Gasteiger partial charge >= 0.3 is 6.18 Å². The van der Waals surface area contributed by atoms with Crippen molar-refractivity contribution in [2.45, 2.75) is 74.7 Å². The van der Waals surface area contributed by atoms with Crippen LogP contribution in [0, 0.1) is 5.82 Å². The van der Waals surface area contributed by atoms with Crippen LogP contribution in [0.15, 0.2) is 46.9 Å². The second-order valence-electron chi connectivity index (χ2n) is 9.75. The van der Waals surface area contributed by atoms with Gasteiger partial charge in [0.1, 0.15) is 11.9 Å². The summed E-state index contributed by atoms with van der Waals surface area (Å²) in [5.41, 5.74) is 4.29. The summed E-state index contributed by atoms with van der Waals surface area (Å²) in [7, 11) is 0. The van der Waals surface area contributed by atoms with Crippen LogP contribution in [0.3, 0.4) is 0 Å². The van der Waals surface area contributed by atoms with Crippen molar-refractivity contribution in [3.63, 3.8) is 0 Å². The van der Waals surface area contributed by atoms with E-state index in [1.807, 2.05) is 24.3 Å².